The third kappa shape index (κ3) is 4.30. The van der Waals surface area contributed by atoms with Gasteiger partial charge >= 0.3 is 0 Å². The second-order valence-corrected chi connectivity index (χ2v) is 7.34. The lowest BCUT2D eigenvalue weighted by molar-refractivity contribution is 0.0979. The molecule has 0 saturated heterocycles. The van der Waals surface area contributed by atoms with E-state index < -0.39 is 0 Å². The third-order valence-electron chi connectivity index (χ3n) is 3.46. The number of carbonyl (C=O) groups excluding carboxylic acids is 1. The number of benzene rings is 3. The summed E-state index contributed by atoms with van der Waals surface area (Å²) in [5.74, 6) is -0.297. The van der Waals surface area contributed by atoms with E-state index in [2.05, 4.69) is 26.6 Å². The first-order valence-corrected chi connectivity index (χ1v) is 9.15. The molecule has 25 heavy (non-hydrogen) atoms. The first-order valence-electron chi connectivity index (χ1n) is 7.20. The maximum Gasteiger partial charge on any atom is 0.258 e. The molecular weight excluding hydrogens is 443 g/mol. The Morgan fingerprint density at radius 1 is 0.960 bits per heavy atom. The van der Waals surface area contributed by atoms with E-state index in [1.54, 1.807) is 24.3 Å². The van der Waals surface area contributed by atoms with Crippen molar-refractivity contribution in [2.24, 2.45) is 0 Å². The summed E-state index contributed by atoms with van der Waals surface area (Å²) < 4.78 is 0.925. The molecule has 7 heteroatoms. The number of hydrogen-bond donors (Lipinski definition) is 2. The molecule has 0 aliphatic carbocycles. The van der Waals surface area contributed by atoms with E-state index in [0.717, 1.165) is 15.2 Å². The summed E-state index contributed by atoms with van der Waals surface area (Å²) in [6, 6.07) is 16.2. The van der Waals surface area contributed by atoms with E-state index in [4.69, 9.17) is 35.4 Å². The van der Waals surface area contributed by atoms with Crippen molar-refractivity contribution in [2.75, 3.05) is 5.32 Å². The number of fused-ring (bicyclic) bond motifs is 1. The Hall–Kier alpha value is -1.66. The van der Waals surface area contributed by atoms with Crippen LogP contribution in [0.3, 0.4) is 0 Å². The highest BCUT2D eigenvalue weighted by Crippen LogP contribution is 2.26. The molecule has 0 unspecified atom stereocenters. The molecule has 3 aromatic rings. The van der Waals surface area contributed by atoms with Crippen LogP contribution in [0, 0.1) is 0 Å². The van der Waals surface area contributed by atoms with Gasteiger partial charge in [0.15, 0.2) is 5.11 Å². The predicted octanol–water partition coefficient (Wildman–Crippen LogP) is 6.04. The van der Waals surface area contributed by atoms with Gasteiger partial charge in [0.05, 0.1) is 0 Å². The highest BCUT2D eigenvalue weighted by Gasteiger charge is 2.12. The average molecular weight is 454 g/mol. The van der Waals surface area contributed by atoms with Gasteiger partial charge in [-0.3, -0.25) is 10.1 Å². The van der Waals surface area contributed by atoms with Crippen molar-refractivity contribution in [2.45, 2.75) is 0 Å². The molecule has 0 radical (unpaired) electrons. The highest BCUT2D eigenvalue weighted by atomic mass is 79.9. The fraction of sp³-hybridized carbons (Fsp3) is 0. The SMILES string of the molecule is O=C(NC(=S)Nc1cc(Cl)cc(Cl)c1)c1cccc2c(Br)cccc12. The van der Waals surface area contributed by atoms with Gasteiger partial charge in [0, 0.05) is 25.8 Å². The van der Waals surface area contributed by atoms with E-state index in [1.165, 1.54) is 0 Å². The first-order chi connectivity index (χ1) is 11.9. The lowest BCUT2D eigenvalue weighted by Gasteiger charge is -2.12. The largest absolute Gasteiger partial charge is 0.332 e. The zero-order valence-electron chi connectivity index (χ0n) is 12.6. The van der Waals surface area contributed by atoms with E-state index in [1.807, 2.05) is 30.3 Å². The smallest absolute Gasteiger partial charge is 0.258 e. The molecule has 3 nitrogen and oxygen atoms in total. The second kappa shape index (κ2) is 7.70. The van der Waals surface area contributed by atoms with Crippen molar-refractivity contribution in [3.63, 3.8) is 0 Å². The van der Waals surface area contributed by atoms with Crippen LogP contribution < -0.4 is 10.6 Å². The van der Waals surface area contributed by atoms with Gasteiger partial charge in [-0.15, -0.1) is 0 Å². The normalized spacial score (nSPS) is 10.5. The van der Waals surface area contributed by atoms with Crippen LogP contribution in [0.25, 0.3) is 10.8 Å². The minimum atomic E-state index is -0.297. The van der Waals surface area contributed by atoms with Crippen molar-refractivity contribution in [1.29, 1.82) is 0 Å². The summed E-state index contributed by atoms with van der Waals surface area (Å²) in [5.41, 5.74) is 1.13. The van der Waals surface area contributed by atoms with Gasteiger partial charge in [-0.2, -0.15) is 0 Å². The van der Waals surface area contributed by atoms with E-state index in [9.17, 15) is 4.79 Å². The number of amides is 1. The minimum absolute atomic E-state index is 0.162. The molecule has 0 heterocycles. The monoisotopic (exact) mass is 452 g/mol. The Morgan fingerprint density at radius 3 is 2.32 bits per heavy atom. The fourth-order valence-electron chi connectivity index (χ4n) is 2.43. The number of hydrogen-bond acceptors (Lipinski definition) is 2. The Bertz CT molecular complexity index is 974. The molecule has 1 amide bonds. The van der Waals surface area contributed by atoms with Gasteiger partial charge in [0.1, 0.15) is 0 Å². The number of halogens is 3. The van der Waals surface area contributed by atoms with Crippen molar-refractivity contribution in [3.8, 4) is 0 Å². The quantitative estimate of drug-likeness (QED) is 0.465. The lowest BCUT2D eigenvalue weighted by atomic mass is 10.0. The Morgan fingerprint density at radius 2 is 1.60 bits per heavy atom. The number of carbonyl (C=O) groups is 1. The first kappa shape index (κ1) is 18.1. The summed E-state index contributed by atoms with van der Waals surface area (Å²) in [7, 11) is 0. The minimum Gasteiger partial charge on any atom is -0.332 e. The summed E-state index contributed by atoms with van der Waals surface area (Å²) in [6.45, 7) is 0. The maximum absolute atomic E-state index is 12.6. The molecule has 0 saturated carbocycles. The van der Waals surface area contributed by atoms with E-state index in [0.29, 0.717) is 21.3 Å². The van der Waals surface area contributed by atoms with Gasteiger partial charge in [-0.25, -0.2) is 0 Å². The standard InChI is InChI=1S/C18H11BrCl2N2OS/c19-16-6-2-3-13-14(16)4-1-5-15(13)17(24)23-18(25)22-12-8-10(20)7-11(21)9-12/h1-9H,(H2,22,23,24,25). The molecule has 3 rings (SSSR count). The van der Waals surface area contributed by atoms with Crippen LogP contribution in [0.15, 0.2) is 59.1 Å². The number of anilines is 1. The maximum atomic E-state index is 12.6. The van der Waals surface area contributed by atoms with Crippen LogP contribution in [0.5, 0.6) is 0 Å². The van der Waals surface area contributed by atoms with Crippen molar-refractivity contribution in [3.05, 3.63) is 74.7 Å². The Balaban J connectivity index is 1.80. The molecule has 0 fully saturated rings. The number of thiocarbonyl (C=S) groups is 1. The van der Waals surface area contributed by atoms with Gasteiger partial charge in [-0.05, 0) is 53.3 Å². The molecular formula is C18H11BrCl2N2OS. The zero-order valence-corrected chi connectivity index (χ0v) is 16.6. The van der Waals surface area contributed by atoms with Gasteiger partial charge in [0.2, 0.25) is 0 Å². The fourth-order valence-corrected chi connectivity index (χ4v) is 3.66. The van der Waals surface area contributed by atoms with Crippen LogP contribution >= 0.6 is 51.3 Å². The second-order valence-electron chi connectivity index (χ2n) is 5.21. The Kier molecular flexibility index (Phi) is 5.59. The molecule has 3 aromatic carbocycles. The van der Waals surface area contributed by atoms with Gasteiger partial charge < -0.3 is 5.32 Å². The molecule has 2 N–H and O–H groups in total. The molecule has 0 aliphatic rings. The topological polar surface area (TPSA) is 41.1 Å². The molecule has 0 bridgehead atoms. The molecule has 0 atom stereocenters. The number of nitrogens with one attached hydrogen (secondary N) is 2. The van der Waals surface area contributed by atoms with Crippen LogP contribution in [-0.2, 0) is 0 Å². The van der Waals surface area contributed by atoms with Crippen LogP contribution in [0.4, 0.5) is 5.69 Å². The van der Waals surface area contributed by atoms with Crippen LogP contribution in [-0.4, -0.2) is 11.0 Å². The highest BCUT2D eigenvalue weighted by molar-refractivity contribution is 9.10. The molecule has 126 valence electrons. The Labute approximate surface area is 168 Å². The molecule has 0 aliphatic heterocycles. The van der Waals surface area contributed by atoms with Gasteiger partial charge in [0.25, 0.3) is 5.91 Å². The molecule has 0 spiro atoms. The van der Waals surface area contributed by atoms with Crippen molar-refractivity contribution in [1.82, 2.24) is 5.32 Å². The average Bonchev–Trinajstić information content (AvgIpc) is 2.53. The van der Waals surface area contributed by atoms with Gasteiger partial charge in [-0.1, -0.05) is 63.4 Å². The van der Waals surface area contributed by atoms with Crippen LogP contribution in [0.1, 0.15) is 10.4 Å². The zero-order chi connectivity index (χ0) is 18.0. The summed E-state index contributed by atoms with van der Waals surface area (Å²) in [6.07, 6.45) is 0. The third-order valence-corrected chi connectivity index (χ3v) is 4.79. The summed E-state index contributed by atoms with van der Waals surface area (Å²) >= 11 is 20.6. The van der Waals surface area contributed by atoms with Crippen molar-refractivity contribution >= 4 is 78.8 Å². The predicted molar refractivity (Wildman–Crippen MR) is 112 cm³/mol. The molecule has 0 aromatic heterocycles. The van der Waals surface area contributed by atoms with E-state index >= 15 is 0 Å². The van der Waals surface area contributed by atoms with E-state index in [-0.39, 0.29) is 11.0 Å². The lowest BCUT2D eigenvalue weighted by Crippen LogP contribution is -2.34. The number of rotatable bonds is 2. The van der Waals surface area contributed by atoms with Crippen molar-refractivity contribution < 1.29 is 4.79 Å². The van der Waals surface area contributed by atoms with Crippen LogP contribution in [0.2, 0.25) is 10.0 Å². The summed E-state index contributed by atoms with van der Waals surface area (Å²) in [4.78, 5) is 12.6. The summed E-state index contributed by atoms with van der Waals surface area (Å²) in [5, 5.41) is 8.48.